The quantitative estimate of drug-likeness (QED) is 0.802. The molecule has 2 heterocycles. The Morgan fingerprint density at radius 2 is 2.00 bits per heavy atom. The molecule has 0 aliphatic carbocycles. The SMILES string of the molecule is COc1cccc(-c2nc3ccc(C(F)(F)F)cn3c2CO)c1. The first kappa shape index (κ1) is 15.4. The summed E-state index contributed by atoms with van der Waals surface area (Å²) in [6.07, 6.45) is -3.52. The van der Waals surface area contributed by atoms with Gasteiger partial charge in [-0.15, -0.1) is 0 Å². The first-order chi connectivity index (χ1) is 10.9. The van der Waals surface area contributed by atoms with Crippen LogP contribution in [0, 0.1) is 0 Å². The fourth-order valence-electron chi connectivity index (χ4n) is 2.41. The number of aliphatic hydroxyl groups excluding tert-OH is 1. The van der Waals surface area contributed by atoms with Crippen molar-refractivity contribution in [1.82, 2.24) is 9.38 Å². The number of pyridine rings is 1. The Hall–Kier alpha value is -2.54. The van der Waals surface area contributed by atoms with E-state index in [1.165, 1.54) is 17.6 Å². The number of aliphatic hydroxyl groups is 1. The maximum Gasteiger partial charge on any atom is 0.417 e. The minimum atomic E-state index is -4.46. The van der Waals surface area contributed by atoms with E-state index in [-0.39, 0.29) is 0 Å². The molecule has 0 unspecified atom stereocenters. The van der Waals surface area contributed by atoms with Crippen molar-refractivity contribution in [2.45, 2.75) is 12.8 Å². The molecule has 1 aromatic carbocycles. The fourth-order valence-corrected chi connectivity index (χ4v) is 2.41. The predicted octanol–water partition coefficient (Wildman–Crippen LogP) is 3.52. The van der Waals surface area contributed by atoms with Crippen molar-refractivity contribution in [2.24, 2.45) is 0 Å². The van der Waals surface area contributed by atoms with Gasteiger partial charge in [-0.1, -0.05) is 12.1 Å². The van der Waals surface area contributed by atoms with Crippen LogP contribution in [0.4, 0.5) is 13.2 Å². The van der Waals surface area contributed by atoms with Gasteiger partial charge in [0.25, 0.3) is 0 Å². The molecule has 2 aromatic heterocycles. The number of hydrogen-bond acceptors (Lipinski definition) is 3. The van der Waals surface area contributed by atoms with Gasteiger partial charge in [0.2, 0.25) is 0 Å². The van der Waals surface area contributed by atoms with Crippen LogP contribution in [-0.2, 0) is 12.8 Å². The number of nitrogens with zero attached hydrogens (tertiary/aromatic N) is 2. The van der Waals surface area contributed by atoms with E-state index in [2.05, 4.69) is 4.98 Å². The standard InChI is InChI=1S/C16H13F3N2O2/c1-23-12-4-2-3-10(7-12)15-13(9-22)21-8-11(16(17,18)19)5-6-14(21)20-15/h2-8,22H,9H2,1H3. The Balaban J connectivity index is 2.21. The van der Waals surface area contributed by atoms with E-state index < -0.39 is 18.3 Å². The number of hydrogen-bond donors (Lipinski definition) is 1. The molecular weight excluding hydrogens is 309 g/mol. The lowest BCUT2D eigenvalue weighted by Gasteiger charge is -2.08. The molecule has 0 atom stereocenters. The molecule has 3 aromatic rings. The van der Waals surface area contributed by atoms with Crippen LogP contribution in [0.5, 0.6) is 5.75 Å². The summed E-state index contributed by atoms with van der Waals surface area (Å²) < 4.78 is 45.0. The van der Waals surface area contributed by atoms with Crippen molar-refractivity contribution >= 4 is 5.65 Å². The molecule has 3 rings (SSSR count). The molecule has 7 heteroatoms. The van der Waals surface area contributed by atoms with Crippen LogP contribution in [0.15, 0.2) is 42.6 Å². The van der Waals surface area contributed by atoms with Gasteiger partial charge in [-0.2, -0.15) is 13.2 Å². The number of ether oxygens (including phenoxy) is 1. The number of methoxy groups -OCH3 is 1. The van der Waals surface area contributed by atoms with Gasteiger partial charge in [-0.05, 0) is 24.3 Å². The normalized spacial score (nSPS) is 11.9. The second-order valence-electron chi connectivity index (χ2n) is 4.94. The summed E-state index contributed by atoms with van der Waals surface area (Å²) in [5.74, 6) is 0.597. The summed E-state index contributed by atoms with van der Waals surface area (Å²) in [5.41, 5.74) is 0.907. The smallest absolute Gasteiger partial charge is 0.417 e. The van der Waals surface area contributed by atoms with Crippen molar-refractivity contribution in [1.29, 1.82) is 0 Å². The van der Waals surface area contributed by atoms with Gasteiger partial charge in [0.1, 0.15) is 11.4 Å². The minimum Gasteiger partial charge on any atom is -0.497 e. The van der Waals surface area contributed by atoms with Crippen molar-refractivity contribution in [3.63, 3.8) is 0 Å². The van der Waals surface area contributed by atoms with Crippen LogP contribution in [0.3, 0.4) is 0 Å². The molecule has 0 saturated heterocycles. The highest BCUT2D eigenvalue weighted by molar-refractivity contribution is 5.68. The summed E-state index contributed by atoms with van der Waals surface area (Å²) in [4.78, 5) is 4.33. The number of benzene rings is 1. The number of aromatic nitrogens is 2. The third-order valence-electron chi connectivity index (χ3n) is 3.54. The fraction of sp³-hybridized carbons (Fsp3) is 0.188. The Morgan fingerprint density at radius 3 is 2.65 bits per heavy atom. The lowest BCUT2D eigenvalue weighted by Crippen LogP contribution is -2.07. The van der Waals surface area contributed by atoms with Crippen LogP contribution in [0.1, 0.15) is 11.3 Å². The Bertz CT molecular complexity index is 856. The maximum atomic E-state index is 12.9. The molecule has 0 aliphatic heterocycles. The van der Waals surface area contributed by atoms with E-state index in [4.69, 9.17) is 4.74 Å². The van der Waals surface area contributed by atoms with Gasteiger partial charge >= 0.3 is 6.18 Å². The van der Waals surface area contributed by atoms with Crippen molar-refractivity contribution in [3.8, 4) is 17.0 Å². The van der Waals surface area contributed by atoms with Gasteiger partial charge < -0.3 is 14.2 Å². The van der Waals surface area contributed by atoms with Crippen molar-refractivity contribution in [3.05, 3.63) is 53.9 Å². The van der Waals surface area contributed by atoms with Gasteiger partial charge in [0, 0.05) is 11.8 Å². The average molecular weight is 322 g/mol. The summed E-state index contributed by atoms with van der Waals surface area (Å²) in [7, 11) is 1.52. The van der Waals surface area contributed by atoms with E-state index in [9.17, 15) is 18.3 Å². The molecule has 23 heavy (non-hydrogen) atoms. The van der Waals surface area contributed by atoms with Gasteiger partial charge in [0.15, 0.2) is 0 Å². The van der Waals surface area contributed by atoms with E-state index in [0.29, 0.717) is 28.3 Å². The molecule has 1 N–H and O–H groups in total. The van der Waals surface area contributed by atoms with Crippen LogP contribution in [-0.4, -0.2) is 21.6 Å². The Kier molecular flexibility index (Phi) is 3.73. The zero-order valence-corrected chi connectivity index (χ0v) is 12.1. The Morgan fingerprint density at radius 1 is 1.22 bits per heavy atom. The number of imidazole rings is 1. The molecular formula is C16H13F3N2O2. The topological polar surface area (TPSA) is 46.8 Å². The van der Waals surface area contributed by atoms with Gasteiger partial charge in [-0.3, -0.25) is 0 Å². The highest BCUT2D eigenvalue weighted by Gasteiger charge is 2.31. The van der Waals surface area contributed by atoms with Crippen LogP contribution >= 0.6 is 0 Å². The van der Waals surface area contributed by atoms with E-state index in [1.807, 2.05) is 0 Å². The molecule has 0 bridgehead atoms. The molecule has 0 saturated carbocycles. The van der Waals surface area contributed by atoms with Crippen LogP contribution in [0.2, 0.25) is 0 Å². The third kappa shape index (κ3) is 2.75. The Labute approximate surface area is 129 Å². The largest absolute Gasteiger partial charge is 0.497 e. The van der Waals surface area contributed by atoms with Crippen LogP contribution in [0.25, 0.3) is 16.9 Å². The zero-order valence-electron chi connectivity index (χ0n) is 12.1. The van der Waals surface area contributed by atoms with Crippen LogP contribution < -0.4 is 4.74 Å². The molecule has 0 radical (unpaired) electrons. The van der Waals surface area contributed by atoms with E-state index in [0.717, 1.165) is 12.3 Å². The number of fused-ring (bicyclic) bond motifs is 1. The minimum absolute atomic E-state index is 0.291. The van der Waals surface area contributed by atoms with Crippen molar-refractivity contribution < 1.29 is 23.0 Å². The second-order valence-corrected chi connectivity index (χ2v) is 4.94. The monoisotopic (exact) mass is 322 g/mol. The second kappa shape index (κ2) is 5.58. The summed E-state index contributed by atoms with van der Waals surface area (Å²) >= 11 is 0. The summed E-state index contributed by atoms with van der Waals surface area (Å²) in [5, 5.41) is 9.61. The third-order valence-corrected chi connectivity index (χ3v) is 3.54. The summed E-state index contributed by atoms with van der Waals surface area (Å²) in [6, 6.07) is 9.23. The molecule has 0 amide bonds. The van der Waals surface area contributed by atoms with Gasteiger partial charge in [-0.25, -0.2) is 4.98 Å². The molecule has 4 nitrogen and oxygen atoms in total. The maximum absolute atomic E-state index is 12.9. The molecule has 0 aliphatic rings. The number of alkyl halides is 3. The number of halogens is 3. The van der Waals surface area contributed by atoms with Gasteiger partial charge in [0.05, 0.1) is 30.7 Å². The van der Waals surface area contributed by atoms with E-state index >= 15 is 0 Å². The van der Waals surface area contributed by atoms with E-state index in [1.54, 1.807) is 24.3 Å². The predicted molar refractivity (Wildman–Crippen MR) is 78.1 cm³/mol. The first-order valence-electron chi connectivity index (χ1n) is 6.77. The lowest BCUT2D eigenvalue weighted by molar-refractivity contribution is -0.137. The average Bonchev–Trinajstić information content (AvgIpc) is 2.91. The molecule has 0 spiro atoms. The molecule has 0 fully saturated rings. The highest BCUT2D eigenvalue weighted by Crippen LogP contribution is 2.32. The summed E-state index contributed by atoms with van der Waals surface area (Å²) in [6.45, 7) is -0.435. The highest BCUT2D eigenvalue weighted by atomic mass is 19.4. The zero-order chi connectivity index (χ0) is 16.6. The molecule has 120 valence electrons. The first-order valence-corrected chi connectivity index (χ1v) is 6.77. The number of rotatable bonds is 3. The van der Waals surface area contributed by atoms with Crippen molar-refractivity contribution in [2.75, 3.05) is 7.11 Å². The lowest BCUT2D eigenvalue weighted by atomic mass is 10.1.